The summed E-state index contributed by atoms with van der Waals surface area (Å²) in [6.45, 7) is 2.04. The maximum absolute atomic E-state index is 10.6. The van der Waals surface area contributed by atoms with E-state index in [9.17, 15) is 4.79 Å². The van der Waals surface area contributed by atoms with Crippen LogP contribution in [0.25, 0.3) is 0 Å². The van der Waals surface area contributed by atoms with Gasteiger partial charge in [0.2, 0.25) is 5.76 Å². The van der Waals surface area contributed by atoms with Crippen LogP contribution in [0.3, 0.4) is 0 Å². The van der Waals surface area contributed by atoms with Gasteiger partial charge in [-0.1, -0.05) is 5.92 Å². The van der Waals surface area contributed by atoms with Crippen LogP contribution in [0.1, 0.15) is 21.9 Å². The van der Waals surface area contributed by atoms with Crippen LogP contribution in [0.5, 0.6) is 0 Å². The summed E-state index contributed by atoms with van der Waals surface area (Å²) in [6, 6.07) is 1.62. The molecule has 0 atom stereocenters. The summed E-state index contributed by atoms with van der Waals surface area (Å²) in [5, 5.41) is 8.68. The number of hydrogen-bond acceptors (Lipinski definition) is 3. The molecule has 74 valence electrons. The van der Waals surface area contributed by atoms with Crippen LogP contribution in [0.4, 0.5) is 0 Å². The summed E-state index contributed by atoms with van der Waals surface area (Å²) in [7, 11) is 0. The molecule has 0 unspecified atom stereocenters. The van der Waals surface area contributed by atoms with Crippen molar-refractivity contribution in [2.75, 3.05) is 6.61 Å². The first kappa shape index (κ1) is 10.4. The van der Waals surface area contributed by atoms with E-state index in [1.54, 1.807) is 13.0 Å². The van der Waals surface area contributed by atoms with E-state index in [4.69, 9.17) is 20.7 Å². The Morgan fingerprint density at radius 1 is 1.79 bits per heavy atom. The largest absolute Gasteiger partial charge is 0.475 e. The van der Waals surface area contributed by atoms with Crippen molar-refractivity contribution in [3.8, 4) is 12.3 Å². The molecule has 1 heterocycles. The lowest BCUT2D eigenvalue weighted by Crippen LogP contribution is -1.95. The molecule has 1 aromatic rings. The minimum Gasteiger partial charge on any atom is -0.475 e. The normalized spacial score (nSPS) is 9.71. The predicted molar refractivity (Wildman–Crippen MR) is 48.9 cm³/mol. The summed E-state index contributed by atoms with van der Waals surface area (Å²) >= 11 is 0. The molecule has 1 rings (SSSR count). The van der Waals surface area contributed by atoms with E-state index in [1.165, 1.54) is 0 Å². The highest BCUT2D eigenvalue weighted by atomic mass is 16.5. The number of furan rings is 1. The molecule has 0 aliphatic heterocycles. The van der Waals surface area contributed by atoms with Crippen molar-refractivity contribution in [1.29, 1.82) is 0 Å². The SMILES string of the molecule is C#CCOCc1cc(C)c(C(=O)O)o1. The van der Waals surface area contributed by atoms with Crippen molar-refractivity contribution in [2.24, 2.45) is 0 Å². The van der Waals surface area contributed by atoms with Gasteiger partial charge in [-0.15, -0.1) is 6.42 Å². The van der Waals surface area contributed by atoms with E-state index in [0.29, 0.717) is 11.3 Å². The zero-order valence-corrected chi connectivity index (χ0v) is 7.74. The molecule has 14 heavy (non-hydrogen) atoms. The van der Waals surface area contributed by atoms with Gasteiger partial charge in [0, 0.05) is 5.56 Å². The Kier molecular flexibility index (Phi) is 3.32. The lowest BCUT2D eigenvalue weighted by Gasteiger charge is -1.94. The molecular weight excluding hydrogens is 184 g/mol. The highest BCUT2D eigenvalue weighted by molar-refractivity contribution is 5.86. The van der Waals surface area contributed by atoms with Gasteiger partial charge in [-0.2, -0.15) is 0 Å². The molecule has 0 saturated carbocycles. The number of rotatable bonds is 4. The first-order chi connectivity index (χ1) is 6.65. The monoisotopic (exact) mass is 194 g/mol. The molecule has 0 amide bonds. The second-order valence-corrected chi connectivity index (χ2v) is 2.73. The molecule has 0 fully saturated rings. The molecule has 0 spiro atoms. The molecule has 4 nitrogen and oxygen atoms in total. The van der Waals surface area contributed by atoms with Gasteiger partial charge in [-0.05, 0) is 13.0 Å². The van der Waals surface area contributed by atoms with Gasteiger partial charge in [0.15, 0.2) is 0 Å². The topological polar surface area (TPSA) is 59.7 Å². The third-order valence-corrected chi connectivity index (χ3v) is 1.59. The minimum atomic E-state index is -1.08. The van der Waals surface area contributed by atoms with Crippen LogP contribution in [0, 0.1) is 19.3 Å². The third kappa shape index (κ3) is 2.38. The van der Waals surface area contributed by atoms with Gasteiger partial charge in [0.1, 0.15) is 19.0 Å². The van der Waals surface area contributed by atoms with Gasteiger partial charge < -0.3 is 14.3 Å². The number of terminal acetylenes is 1. The van der Waals surface area contributed by atoms with Crippen molar-refractivity contribution in [2.45, 2.75) is 13.5 Å². The van der Waals surface area contributed by atoms with Crippen LogP contribution in [-0.2, 0) is 11.3 Å². The Balaban J connectivity index is 2.67. The Morgan fingerprint density at radius 2 is 2.50 bits per heavy atom. The number of ether oxygens (including phenoxy) is 1. The van der Waals surface area contributed by atoms with Gasteiger partial charge >= 0.3 is 5.97 Å². The highest BCUT2D eigenvalue weighted by Gasteiger charge is 2.13. The third-order valence-electron chi connectivity index (χ3n) is 1.59. The predicted octanol–water partition coefficient (Wildman–Crippen LogP) is 1.44. The van der Waals surface area contributed by atoms with E-state index in [2.05, 4.69) is 5.92 Å². The van der Waals surface area contributed by atoms with E-state index < -0.39 is 5.97 Å². The van der Waals surface area contributed by atoms with Crippen molar-refractivity contribution < 1.29 is 19.1 Å². The molecule has 0 aliphatic carbocycles. The molecule has 1 N–H and O–H groups in total. The second-order valence-electron chi connectivity index (χ2n) is 2.73. The minimum absolute atomic E-state index is 0.0516. The van der Waals surface area contributed by atoms with Crippen molar-refractivity contribution in [3.63, 3.8) is 0 Å². The fourth-order valence-corrected chi connectivity index (χ4v) is 1.04. The number of carboxylic acids is 1. The van der Waals surface area contributed by atoms with E-state index in [-0.39, 0.29) is 19.0 Å². The fraction of sp³-hybridized carbons (Fsp3) is 0.300. The highest BCUT2D eigenvalue weighted by Crippen LogP contribution is 2.15. The Morgan fingerprint density at radius 3 is 3.00 bits per heavy atom. The zero-order chi connectivity index (χ0) is 10.6. The van der Waals surface area contributed by atoms with Gasteiger partial charge in [-0.3, -0.25) is 0 Å². The molecule has 0 aliphatic rings. The van der Waals surface area contributed by atoms with Crippen LogP contribution in [0.15, 0.2) is 10.5 Å². The van der Waals surface area contributed by atoms with Crippen LogP contribution >= 0.6 is 0 Å². The standard InChI is InChI=1S/C10H10O4/c1-3-4-13-6-8-5-7(2)9(14-8)10(11)12/h1,5H,4,6H2,2H3,(H,11,12). The fourth-order valence-electron chi connectivity index (χ4n) is 1.04. The number of hydrogen-bond donors (Lipinski definition) is 1. The summed E-state index contributed by atoms with van der Waals surface area (Å²) in [6.07, 6.45) is 4.98. The first-order valence-corrected chi connectivity index (χ1v) is 3.99. The average Bonchev–Trinajstić information content (AvgIpc) is 2.47. The van der Waals surface area contributed by atoms with E-state index in [0.717, 1.165) is 0 Å². The molecule has 0 radical (unpaired) electrons. The molecule has 0 aromatic carbocycles. The molecule has 0 bridgehead atoms. The summed E-state index contributed by atoms with van der Waals surface area (Å²) in [5.74, 6) is 1.64. The summed E-state index contributed by atoms with van der Waals surface area (Å²) in [5.41, 5.74) is 0.580. The van der Waals surface area contributed by atoms with Crippen LogP contribution in [-0.4, -0.2) is 17.7 Å². The summed E-state index contributed by atoms with van der Waals surface area (Å²) < 4.78 is 10.0. The lowest BCUT2D eigenvalue weighted by molar-refractivity contribution is 0.0651. The molecule has 4 heteroatoms. The Hall–Kier alpha value is -1.73. The van der Waals surface area contributed by atoms with Crippen molar-refractivity contribution >= 4 is 5.97 Å². The number of aryl methyl sites for hydroxylation is 1. The van der Waals surface area contributed by atoms with Gasteiger partial charge in [-0.25, -0.2) is 4.79 Å². The first-order valence-electron chi connectivity index (χ1n) is 3.99. The number of carboxylic acid groups (broad SMARTS) is 1. The molecule has 0 saturated heterocycles. The maximum Gasteiger partial charge on any atom is 0.372 e. The quantitative estimate of drug-likeness (QED) is 0.582. The van der Waals surface area contributed by atoms with E-state index in [1.807, 2.05) is 0 Å². The van der Waals surface area contributed by atoms with Gasteiger partial charge in [0.05, 0.1) is 0 Å². The smallest absolute Gasteiger partial charge is 0.372 e. The molecular formula is C10H10O4. The van der Waals surface area contributed by atoms with Gasteiger partial charge in [0.25, 0.3) is 0 Å². The van der Waals surface area contributed by atoms with Crippen molar-refractivity contribution in [1.82, 2.24) is 0 Å². The lowest BCUT2D eigenvalue weighted by atomic mass is 10.3. The Bertz CT molecular complexity index is 370. The van der Waals surface area contributed by atoms with Crippen LogP contribution < -0.4 is 0 Å². The maximum atomic E-state index is 10.6. The van der Waals surface area contributed by atoms with E-state index >= 15 is 0 Å². The second kappa shape index (κ2) is 4.49. The van der Waals surface area contributed by atoms with Crippen molar-refractivity contribution in [3.05, 3.63) is 23.2 Å². The molecule has 1 aromatic heterocycles. The van der Waals surface area contributed by atoms with Crippen LogP contribution in [0.2, 0.25) is 0 Å². The Labute approximate surface area is 81.5 Å². The summed E-state index contributed by atoms with van der Waals surface area (Å²) in [4.78, 5) is 10.6. The average molecular weight is 194 g/mol. The number of carbonyl (C=O) groups is 1. The zero-order valence-electron chi connectivity index (χ0n) is 7.74. The number of aromatic carboxylic acids is 1.